The van der Waals surface area contributed by atoms with E-state index >= 15 is 0 Å². The number of carbonyl (C=O) groups excluding carboxylic acids is 1. The Bertz CT molecular complexity index is 1520. The number of nitrogens with one attached hydrogen (secondary N) is 1. The standard InChI is InChI=1S/C24H27N9O3/c1-29-22-21(23(35)30(2)24(29)36)33(16-27-22)14-20(34)28-18-12-19(26-15-25-18)32-10-8-31(9-11-32)13-17-6-4-3-5-7-17/h3-7,12,15-16H,8-11,13-14H2,1-2H3,(H,25,26,28,34). The van der Waals surface area contributed by atoms with E-state index in [9.17, 15) is 14.4 Å². The van der Waals surface area contributed by atoms with Crippen molar-refractivity contribution < 1.29 is 4.79 Å². The number of carbonyl (C=O) groups is 1. The van der Waals surface area contributed by atoms with Crippen molar-refractivity contribution in [2.45, 2.75) is 13.1 Å². The third-order valence-corrected chi connectivity index (χ3v) is 6.40. The van der Waals surface area contributed by atoms with Gasteiger partial charge < -0.3 is 14.8 Å². The van der Waals surface area contributed by atoms with Crippen LogP contribution in [0.15, 0.2) is 58.6 Å². The van der Waals surface area contributed by atoms with Gasteiger partial charge in [0.1, 0.15) is 24.5 Å². The zero-order valence-electron chi connectivity index (χ0n) is 20.2. The fourth-order valence-electron chi connectivity index (χ4n) is 4.42. The normalized spacial score (nSPS) is 14.3. The molecule has 0 atom stereocenters. The molecule has 1 aromatic carbocycles. The molecular formula is C24H27N9O3. The van der Waals surface area contributed by atoms with Crippen LogP contribution in [0.25, 0.3) is 11.2 Å². The third-order valence-electron chi connectivity index (χ3n) is 6.40. The summed E-state index contributed by atoms with van der Waals surface area (Å²) in [5, 5.41) is 2.77. The number of aryl methyl sites for hydroxylation is 1. The van der Waals surface area contributed by atoms with Crippen LogP contribution in [-0.2, 0) is 32.0 Å². The van der Waals surface area contributed by atoms with Gasteiger partial charge in [-0.15, -0.1) is 0 Å². The highest BCUT2D eigenvalue weighted by molar-refractivity contribution is 5.90. The van der Waals surface area contributed by atoms with Crippen LogP contribution in [-0.4, -0.2) is 65.6 Å². The average molecular weight is 490 g/mol. The van der Waals surface area contributed by atoms with Gasteiger partial charge in [0.15, 0.2) is 11.2 Å². The number of aromatic nitrogens is 6. The van der Waals surface area contributed by atoms with Crippen molar-refractivity contribution in [2.75, 3.05) is 36.4 Å². The highest BCUT2D eigenvalue weighted by atomic mass is 16.2. The highest BCUT2D eigenvalue weighted by Gasteiger charge is 2.20. The molecular weight excluding hydrogens is 462 g/mol. The highest BCUT2D eigenvalue weighted by Crippen LogP contribution is 2.17. The largest absolute Gasteiger partial charge is 0.354 e. The number of hydrogen-bond donors (Lipinski definition) is 1. The van der Waals surface area contributed by atoms with E-state index in [4.69, 9.17) is 0 Å². The molecule has 3 aromatic heterocycles. The minimum absolute atomic E-state index is 0.151. The van der Waals surface area contributed by atoms with E-state index in [1.165, 1.54) is 41.4 Å². The van der Waals surface area contributed by atoms with Crippen LogP contribution in [0, 0.1) is 0 Å². The molecule has 1 fully saturated rings. The number of piperazine rings is 1. The molecule has 12 nitrogen and oxygen atoms in total. The van der Waals surface area contributed by atoms with E-state index in [2.05, 4.69) is 54.3 Å². The van der Waals surface area contributed by atoms with Crippen LogP contribution >= 0.6 is 0 Å². The zero-order valence-corrected chi connectivity index (χ0v) is 20.2. The molecule has 1 aliphatic rings. The molecule has 0 aliphatic carbocycles. The number of amides is 1. The Hall–Kier alpha value is -4.32. The summed E-state index contributed by atoms with van der Waals surface area (Å²) in [7, 11) is 2.93. The molecule has 5 rings (SSSR count). The summed E-state index contributed by atoms with van der Waals surface area (Å²) in [5.74, 6) is 0.751. The number of anilines is 2. The van der Waals surface area contributed by atoms with E-state index in [0.717, 1.165) is 43.1 Å². The summed E-state index contributed by atoms with van der Waals surface area (Å²) in [6, 6.07) is 12.2. The van der Waals surface area contributed by atoms with E-state index < -0.39 is 11.2 Å². The SMILES string of the molecule is Cn1c(=O)c2c(ncn2CC(=O)Nc2cc(N3CCN(Cc4ccccc4)CC3)ncn2)n(C)c1=O. The number of imidazole rings is 1. The summed E-state index contributed by atoms with van der Waals surface area (Å²) in [4.78, 5) is 54.8. The van der Waals surface area contributed by atoms with Crippen molar-refractivity contribution in [1.29, 1.82) is 0 Å². The van der Waals surface area contributed by atoms with Crippen molar-refractivity contribution in [2.24, 2.45) is 14.1 Å². The van der Waals surface area contributed by atoms with Gasteiger partial charge >= 0.3 is 5.69 Å². The Labute approximate surface area is 206 Å². The second-order valence-electron chi connectivity index (χ2n) is 8.81. The monoisotopic (exact) mass is 489 g/mol. The molecule has 0 spiro atoms. The van der Waals surface area contributed by atoms with Gasteiger partial charge in [-0.3, -0.25) is 23.6 Å². The number of fused-ring (bicyclic) bond motifs is 1. The number of hydrogen-bond acceptors (Lipinski definition) is 8. The van der Waals surface area contributed by atoms with Gasteiger partial charge in [-0.25, -0.2) is 19.7 Å². The summed E-state index contributed by atoms with van der Waals surface area (Å²) < 4.78 is 3.71. The van der Waals surface area contributed by atoms with E-state index in [0.29, 0.717) is 5.82 Å². The summed E-state index contributed by atoms with van der Waals surface area (Å²) in [6.45, 7) is 4.22. The smallest absolute Gasteiger partial charge is 0.332 e. The fourth-order valence-corrected chi connectivity index (χ4v) is 4.42. The van der Waals surface area contributed by atoms with Gasteiger partial charge in [-0.1, -0.05) is 30.3 Å². The lowest BCUT2D eigenvalue weighted by molar-refractivity contribution is -0.116. The molecule has 4 aromatic rings. The topological polar surface area (TPSA) is 123 Å². The number of benzene rings is 1. The third kappa shape index (κ3) is 4.62. The predicted octanol–water partition coefficient (Wildman–Crippen LogP) is 0.185. The molecule has 36 heavy (non-hydrogen) atoms. The van der Waals surface area contributed by atoms with Crippen molar-refractivity contribution in [1.82, 2.24) is 33.6 Å². The predicted molar refractivity (Wildman–Crippen MR) is 135 cm³/mol. The second kappa shape index (κ2) is 9.74. The maximum absolute atomic E-state index is 12.8. The Balaban J connectivity index is 1.23. The average Bonchev–Trinajstić information content (AvgIpc) is 3.31. The zero-order chi connectivity index (χ0) is 25.2. The summed E-state index contributed by atoms with van der Waals surface area (Å²) in [5.41, 5.74) is 0.729. The molecule has 1 N–H and O–H groups in total. The minimum Gasteiger partial charge on any atom is -0.354 e. The number of nitrogens with zero attached hydrogens (tertiary/aromatic N) is 8. The Morgan fingerprint density at radius 1 is 0.972 bits per heavy atom. The van der Waals surface area contributed by atoms with E-state index in [1.807, 2.05) is 6.07 Å². The first kappa shape index (κ1) is 23.4. The van der Waals surface area contributed by atoms with Crippen LogP contribution in [0.3, 0.4) is 0 Å². The van der Waals surface area contributed by atoms with Crippen molar-refractivity contribution in [3.05, 3.63) is 75.5 Å². The first-order valence-electron chi connectivity index (χ1n) is 11.6. The molecule has 1 amide bonds. The van der Waals surface area contributed by atoms with Crippen molar-refractivity contribution in [3.63, 3.8) is 0 Å². The molecule has 186 valence electrons. The lowest BCUT2D eigenvalue weighted by atomic mass is 10.2. The Morgan fingerprint density at radius 3 is 2.47 bits per heavy atom. The molecule has 0 saturated carbocycles. The lowest BCUT2D eigenvalue weighted by Gasteiger charge is -2.35. The maximum Gasteiger partial charge on any atom is 0.332 e. The summed E-state index contributed by atoms with van der Waals surface area (Å²) >= 11 is 0. The van der Waals surface area contributed by atoms with Gasteiger partial charge in [0, 0.05) is 52.9 Å². The molecule has 0 bridgehead atoms. The fraction of sp³-hybridized carbons (Fsp3) is 0.333. The van der Waals surface area contributed by atoms with Gasteiger partial charge in [0.2, 0.25) is 5.91 Å². The van der Waals surface area contributed by atoms with E-state index in [1.54, 1.807) is 6.07 Å². The number of rotatable bonds is 6. The molecule has 1 saturated heterocycles. The lowest BCUT2D eigenvalue weighted by Crippen LogP contribution is -2.46. The Kier molecular flexibility index (Phi) is 6.34. The Morgan fingerprint density at radius 2 is 1.72 bits per heavy atom. The van der Waals surface area contributed by atoms with Gasteiger partial charge in [-0.05, 0) is 5.56 Å². The first-order chi connectivity index (χ1) is 17.4. The molecule has 0 radical (unpaired) electrons. The first-order valence-corrected chi connectivity index (χ1v) is 11.6. The second-order valence-corrected chi connectivity index (χ2v) is 8.81. The van der Waals surface area contributed by atoms with Crippen LogP contribution in [0.1, 0.15) is 5.56 Å². The maximum atomic E-state index is 12.8. The van der Waals surface area contributed by atoms with Crippen molar-refractivity contribution in [3.8, 4) is 0 Å². The quantitative estimate of drug-likeness (QED) is 0.407. The summed E-state index contributed by atoms with van der Waals surface area (Å²) in [6.07, 6.45) is 2.81. The van der Waals surface area contributed by atoms with Gasteiger partial charge in [-0.2, -0.15) is 0 Å². The van der Waals surface area contributed by atoms with Crippen LogP contribution in [0.4, 0.5) is 11.6 Å². The van der Waals surface area contributed by atoms with Crippen LogP contribution in [0.5, 0.6) is 0 Å². The van der Waals surface area contributed by atoms with Crippen LogP contribution in [0.2, 0.25) is 0 Å². The molecule has 12 heteroatoms. The van der Waals surface area contributed by atoms with Crippen molar-refractivity contribution >= 4 is 28.7 Å². The van der Waals surface area contributed by atoms with Gasteiger partial charge in [0.25, 0.3) is 5.56 Å². The minimum atomic E-state index is -0.505. The van der Waals surface area contributed by atoms with Gasteiger partial charge in [0.05, 0.1) is 6.33 Å². The molecule has 4 heterocycles. The molecule has 0 unspecified atom stereocenters. The van der Waals surface area contributed by atoms with E-state index in [-0.39, 0.29) is 23.6 Å². The molecule has 1 aliphatic heterocycles. The van der Waals surface area contributed by atoms with Crippen LogP contribution < -0.4 is 21.5 Å².